The van der Waals surface area contributed by atoms with Gasteiger partial charge in [0.1, 0.15) is 5.54 Å². The highest BCUT2D eigenvalue weighted by atomic mass is 16.5. The molecule has 0 aromatic carbocycles. The van der Waals surface area contributed by atoms with Crippen molar-refractivity contribution in [1.29, 1.82) is 0 Å². The zero-order valence-corrected chi connectivity index (χ0v) is 11.1. The van der Waals surface area contributed by atoms with E-state index in [1.165, 1.54) is 25.7 Å². The summed E-state index contributed by atoms with van der Waals surface area (Å²) in [5.41, 5.74) is -0.500. The van der Waals surface area contributed by atoms with Gasteiger partial charge in [-0.05, 0) is 46.7 Å². The van der Waals surface area contributed by atoms with Crippen LogP contribution in [0.5, 0.6) is 0 Å². The lowest BCUT2D eigenvalue weighted by Crippen LogP contribution is -2.49. The molecule has 0 spiro atoms. The van der Waals surface area contributed by atoms with E-state index in [-0.39, 0.29) is 5.97 Å². The highest BCUT2D eigenvalue weighted by molar-refractivity contribution is 5.79. The summed E-state index contributed by atoms with van der Waals surface area (Å²) in [6.45, 7) is 7.16. The van der Waals surface area contributed by atoms with E-state index in [0.29, 0.717) is 6.61 Å². The van der Waals surface area contributed by atoms with E-state index in [4.69, 9.17) is 4.74 Å². The SMILES string of the molecule is CCOC(=O)C(C)(C)N(C)CCC1CCC1. The van der Waals surface area contributed by atoms with Gasteiger partial charge in [0.05, 0.1) is 6.61 Å². The summed E-state index contributed by atoms with van der Waals surface area (Å²) in [6.07, 6.45) is 5.33. The van der Waals surface area contributed by atoms with E-state index in [2.05, 4.69) is 4.90 Å². The van der Waals surface area contributed by atoms with Crippen LogP contribution in [0.3, 0.4) is 0 Å². The Bertz CT molecular complexity index is 234. The molecule has 0 N–H and O–H groups in total. The fourth-order valence-corrected chi connectivity index (χ4v) is 1.90. The van der Waals surface area contributed by atoms with Gasteiger partial charge in [0.2, 0.25) is 0 Å². The zero-order chi connectivity index (χ0) is 12.2. The molecule has 3 nitrogen and oxygen atoms in total. The number of hydrogen-bond donors (Lipinski definition) is 0. The van der Waals surface area contributed by atoms with Crippen LogP contribution in [-0.2, 0) is 9.53 Å². The van der Waals surface area contributed by atoms with Crippen LogP contribution in [0, 0.1) is 5.92 Å². The molecule has 0 aromatic heterocycles. The molecule has 1 aliphatic carbocycles. The molecule has 94 valence electrons. The first-order valence-corrected chi connectivity index (χ1v) is 6.37. The van der Waals surface area contributed by atoms with Gasteiger partial charge in [0, 0.05) is 0 Å². The predicted octanol–water partition coefficient (Wildman–Crippen LogP) is 2.45. The van der Waals surface area contributed by atoms with Crippen LogP contribution in [0.4, 0.5) is 0 Å². The Kier molecular flexibility index (Phi) is 4.78. The van der Waals surface area contributed by atoms with Crippen molar-refractivity contribution in [1.82, 2.24) is 4.90 Å². The second-order valence-corrected chi connectivity index (χ2v) is 5.29. The molecule has 1 rings (SSSR count). The molecule has 1 aliphatic rings. The molecule has 0 heterocycles. The maximum Gasteiger partial charge on any atom is 0.325 e. The number of carbonyl (C=O) groups excluding carboxylic acids is 1. The molecule has 0 amide bonds. The minimum atomic E-state index is -0.500. The van der Waals surface area contributed by atoms with E-state index < -0.39 is 5.54 Å². The number of carbonyl (C=O) groups is 1. The highest BCUT2D eigenvalue weighted by Crippen LogP contribution is 2.30. The van der Waals surface area contributed by atoms with E-state index in [9.17, 15) is 4.79 Å². The lowest BCUT2D eigenvalue weighted by Gasteiger charge is -2.35. The molecule has 1 fully saturated rings. The van der Waals surface area contributed by atoms with Gasteiger partial charge in [-0.3, -0.25) is 9.69 Å². The first-order valence-electron chi connectivity index (χ1n) is 6.37. The van der Waals surface area contributed by atoms with E-state index in [0.717, 1.165) is 12.5 Å². The van der Waals surface area contributed by atoms with Crippen LogP contribution in [0.2, 0.25) is 0 Å². The van der Waals surface area contributed by atoms with Crippen LogP contribution >= 0.6 is 0 Å². The first-order chi connectivity index (χ1) is 7.48. The third-order valence-electron chi connectivity index (χ3n) is 3.83. The Morgan fingerprint density at radius 1 is 1.44 bits per heavy atom. The van der Waals surface area contributed by atoms with Crippen LogP contribution in [0.15, 0.2) is 0 Å². The molecular formula is C13H25NO2. The monoisotopic (exact) mass is 227 g/mol. The number of esters is 1. The molecule has 16 heavy (non-hydrogen) atoms. The lowest BCUT2D eigenvalue weighted by molar-refractivity contribution is -0.155. The van der Waals surface area contributed by atoms with Gasteiger partial charge in [-0.1, -0.05) is 19.3 Å². The molecule has 0 radical (unpaired) electrons. The number of nitrogens with zero attached hydrogens (tertiary/aromatic N) is 1. The van der Waals surface area contributed by atoms with Crippen molar-refractivity contribution in [2.24, 2.45) is 5.92 Å². The summed E-state index contributed by atoms with van der Waals surface area (Å²) in [7, 11) is 2.01. The van der Waals surface area contributed by atoms with Crippen LogP contribution < -0.4 is 0 Å². The van der Waals surface area contributed by atoms with Crippen molar-refractivity contribution < 1.29 is 9.53 Å². The number of hydrogen-bond acceptors (Lipinski definition) is 3. The van der Waals surface area contributed by atoms with Crippen molar-refractivity contribution in [2.45, 2.75) is 52.0 Å². The number of rotatable bonds is 6. The summed E-state index contributed by atoms with van der Waals surface area (Å²) < 4.78 is 5.09. The van der Waals surface area contributed by atoms with Gasteiger partial charge in [-0.25, -0.2) is 0 Å². The molecule has 0 saturated heterocycles. The summed E-state index contributed by atoms with van der Waals surface area (Å²) in [5.74, 6) is 0.770. The molecule has 0 aliphatic heterocycles. The molecule has 1 saturated carbocycles. The van der Waals surface area contributed by atoms with Gasteiger partial charge in [0.25, 0.3) is 0 Å². The van der Waals surface area contributed by atoms with Crippen molar-refractivity contribution in [2.75, 3.05) is 20.2 Å². The van der Waals surface area contributed by atoms with Gasteiger partial charge in [-0.15, -0.1) is 0 Å². The Hall–Kier alpha value is -0.570. The maximum atomic E-state index is 11.8. The van der Waals surface area contributed by atoms with Crippen molar-refractivity contribution >= 4 is 5.97 Å². The Morgan fingerprint density at radius 2 is 2.06 bits per heavy atom. The third kappa shape index (κ3) is 3.21. The van der Waals surface area contributed by atoms with E-state index >= 15 is 0 Å². The fraction of sp³-hybridized carbons (Fsp3) is 0.923. The average molecular weight is 227 g/mol. The normalized spacial score (nSPS) is 17.3. The third-order valence-corrected chi connectivity index (χ3v) is 3.83. The lowest BCUT2D eigenvalue weighted by atomic mass is 9.82. The first kappa shape index (κ1) is 13.5. The molecule has 0 unspecified atom stereocenters. The molecule has 0 aromatic rings. The Morgan fingerprint density at radius 3 is 2.50 bits per heavy atom. The largest absolute Gasteiger partial charge is 0.465 e. The van der Waals surface area contributed by atoms with Gasteiger partial charge >= 0.3 is 5.97 Å². The second kappa shape index (κ2) is 5.67. The van der Waals surface area contributed by atoms with Gasteiger partial charge in [0.15, 0.2) is 0 Å². The summed E-state index contributed by atoms with van der Waals surface area (Å²) in [5, 5.41) is 0. The highest BCUT2D eigenvalue weighted by Gasteiger charge is 2.34. The second-order valence-electron chi connectivity index (χ2n) is 5.29. The van der Waals surface area contributed by atoms with Gasteiger partial charge < -0.3 is 4.74 Å². The smallest absolute Gasteiger partial charge is 0.325 e. The maximum absolute atomic E-state index is 11.8. The molecule has 3 heteroatoms. The quantitative estimate of drug-likeness (QED) is 0.653. The Labute approximate surface area is 99.1 Å². The van der Waals surface area contributed by atoms with Crippen LogP contribution in [0.25, 0.3) is 0 Å². The zero-order valence-electron chi connectivity index (χ0n) is 11.1. The molecule has 0 bridgehead atoms. The molecular weight excluding hydrogens is 202 g/mol. The van der Waals surface area contributed by atoms with Crippen molar-refractivity contribution in [3.05, 3.63) is 0 Å². The van der Waals surface area contributed by atoms with E-state index in [1.54, 1.807) is 0 Å². The molecule has 0 atom stereocenters. The number of likely N-dealkylation sites (N-methyl/N-ethyl adjacent to an activating group) is 1. The Balaban J connectivity index is 2.36. The summed E-state index contributed by atoms with van der Waals surface area (Å²) >= 11 is 0. The van der Waals surface area contributed by atoms with Crippen molar-refractivity contribution in [3.63, 3.8) is 0 Å². The average Bonchev–Trinajstić information content (AvgIpc) is 2.15. The minimum absolute atomic E-state index is 0.119. The number of ether oxygens (including phenoxy) is 1. The van der Waals surface area contributed by atoms with Crippen molar-refractivity contribution in [3.8, 4) is 0 Å². The van der Waals surface area contributed by atoms with Gasteiger partial charge in [-0.2, -0.15) is 0 Å². The summed E-state index contributed by atoms with van der Waals surface area (Å²) in [6, 6.07) is 0. The predicted molar refractivity (Wildman–Crippen MR) is 65.3 cm³/mol. The minimum Gasteiger partial charge on any atom is -0.465 e. The topological polar surface area (TPSA) is 29.5 Å². The summed E-state index contributed by atoms with van der Waals surface area (Å²) in [4.78, 5) is 13.9. The van der Waals surface area contributed by atoms with E-state index in [1.807, 2.05) is 27.8 Å². The van der Waals surface area contributed by atoms with Crippen LogP contribution in [-0.4, -0.2) is 36.6 Å². The van der Waals surface area contributed by atoms with Crippen LogP contribution in [0.1, 0.15) is 46.5 Å². The fourth-order valence-electron chi connectivity index (χ4n) is 1.90. The standard InChI is InChI=1S/C13H25NO2/c1-5-16-12(15)13(2,3)14(4)10-9-11-7-6-8-11/h11H,5-10H2,1-4H3.